The minimum Gasteiger partial charge on any atom is -0.481 e. The van der Waals surface area contributed by atoms with Crippen LogP contribution in [0.2, 0.25) is 0 Å². The van der Waals surface area contributed by atoms with Gasteiger partial charge in [-0.15, -0.1) is 0 Å². The molecular weight excluding hydrogens is 222 g/mol. The van der Waals surface area contributed by atoms with E-state index in [0.717, 1.165) is 6.42 Å². The predicted molar refractivity (Wildman–Crippen MR) is 62.8 cm³/mol. The zero-order valence-electron chi connectivity index (χ0n) is 10.9. The highest BCUT2D eigenvalue weighted by atomic mass is 16.6. The molecule has 0 unspecified atom stereocenters. The molecule has 2 atom stereocenters. The number of amides is 1. The Bertz CT molecular complexity index is 308. The van der Waals surface area contributed by atoms with Crippen molar-refractivity contribution in [3.63, 3.8) is 0 Å². The summed E-state index contributed by atoms with van der Waals surface area (Å²) in [6.45, 7) is 5.44. The van der Waals surface area contributed by atoms with Crippen LogP contribution in [0.15, 0.2) is 0 Å². The Hall–Kier alpha value is -1.26. The Kier molecular flexibility index (Phi) is 4.01. The topological polar surface area (TPSA) is 66.8 Å². The van der Waals surface area contributed by atoms with E-state index in [1.54, 1.807) is 7.05 Å². The molecule has 0 aromatic rings. The summed E-state index contributed by atoms with van der Waals surface area (Å²) in [5.74, 6) is -1.10. The normalized spacial score (nSPS) is 24.5. The van der Waals surface area contributed by atoms with Gasteiger partial charge in [0.25, 0.3) is 0 Å². The second kappa shape index (κ2) is 4.94. The van der Waals surface area contributed by atoms with Crippen molar-refractivity contribution in [2.24, 2.45) is 5.92 Å². The van der Waals surface area contributed by atoms with E-state index in [2.05, 4.69) is 0 Å². The highest BCUT2D eigenvalue weighted by Crippen LogP contribution is 2.29. The van der Waals surface area contributed by atoms with Crippen LogP contribution in [0.5, 0.6) is 0 Å². The van der Waals surface area contributed by atoms with Gasteiger partial charge in [0.15, 0.2) is 0 Å². The third kappa shape index (κ3) is 3.91. The lowest BCUT2D eigenvalue weighted by Gasteiger charge is -2.28. The molecule has 1 aliphatic carbocycles. The summed E-state index contributed by atoms with van der Waals surface area (Å²) in [4.78, 5) is 24.1. The number of nitrogens with zero attached hydrogens (tertiary/aromatic N) is 1. The van der Waals surface area contributed by atoms with Crippen molar-refractivity contribution >= 4 is 12.1 Å². The van der Waals surface area contributed by atoms with Crippen LogP contribution >= 0.6 is 0 Å². The fraction of sp³-hybridized carbons (Fsp3) is 0.833. The molecule has 0 saturated heterocycles. The lowest BCUT2D eigenvalue weighted by molar-refractivity contribution is -0.141. The summed E-state index contributed by atoms with van der Waals surface area (Å²) in [6.07, 6.45) is 1.50. The van der Waals surface area contributed by atoms with E-state index >= 15 is 0 Å². The zero-order chi connectivity index (χ0) is 13.2. The number of carboxylic acids is 1. The number of carboxylic acid groups (broad SMARTS) is 1. The zero-order valence-corrected chi connectivity index (χ0v) is 10.9. The van der Waals surface area contributed by atoms with Crippen LogP contribution in [-0.2, 0) is 9.53 Å². The average molecular weight is 243 g/mol. The molecule has 17 heavy (non-hydrogen) atoms. The molecule has 1 rings (SSSR count). The largest absolute Gasteiger partial charge is 0.481 e. The van der Waals surface area contributed by atoms with Gasteiger partial charge >= 0.3 is 12.1 Å². The summed E-state index contributed by atoms with van der Waals surface area (Å²) in [5.41, 5.74) is -0.518. The third-order valence-corrected chi connectivity index (χ3v) is 2.98. The molecule has 0 aromatic carbocycles. The van der Waals surface area contributed by atoms with Crippen molar-refractivity contribution < 1.29 is 19.4 Å². The number of carbonyl (C=O) groups excluding carboxylic acids is 1. The van der Waals surface area contributed by atoms with Gasteiger partial charge in [-0.1, -0.05) is 0 Å². The quantitative estimate of drug-likeness (QED) is 0.806. The van der Waals surface area contributed by atoms with Crippen LogP contribution in [0.1, 0.15) is 40.0 Å². The van der Waals surface area contributed by atoms with Gasteiger partial charge in [0.05, 0.1) is 5.92 Å². The Morgan fingerprint density at radius 1 is 1.29 bits per heavy atom. The highest BCUT2D eigenvalue weighted by molar-refractivity contribution is 5.71. The van der Waals surface area contributed by atoms with Gasteiger partial charge in [-0.3, -0.25) is 4.79 Å². The minimum atomic E-state index is -0.773. The van der Waals surface area contributed by atoms with Crippen LogP contribution in [0, 0.1) is 5.92 Å². The van der Waals surface area contributed by atoms with Crippen molar-refractivity contribution in [3.8, 4) is 0 Å². The van der Waals surface area contributed by atoms with Crippen molar-refractivity contribution in [3.05, 3.63) is 0 Å². The summed E-state index contributed by atoms with van der Waals surface area (Å²) in [7, 11) is 1.67. The first-order valence-corrected chi connectivity index (χ1v) is 5.89. The fourth-order valence-corrected chi connectivity index (χ4v) is 2.02. The van der Waals surface area contributed by atoms with Crippen LogP contribution in [0.4, 0.5) is 4.79 Å². The standard InChI is InChI=1S/C12H21NO4/c1-12(2,3)17-11(16)13(4)9-6-5-8(7-9)10(14)15/h8-9H,5-7H2,1-4H3,(H,14,15)/t8-,9+/m0/s1. The first-order chi connectivity index (χ1) is 7.70. The molecule has 0 spiro atoms. The van der Waals surface area contributed by atoms with Gasteiger partial charge in [0.2, 0.25) is 0 Å². The van der Waals surface area contributed by atoms with Gasteiger partial charge in [-0.2, -0.15) is 0 Å². The molecule has 1 N–H and O–H groups in total. The predicted octanol–water partition coefficient (Wildman–Crippen LogP) is 2.11. The van der Waals surface area contributed by atoms with Gasteiger partial charge in [-0.25, -0.2) is 4.79 Å². The molecule has 5 nitrogen and oxygen atoms in total. The molecule has 98 valence electrons. The summed E-state index contributed by atoms with van der Waals surface area (Å²) >= 11 is 0. The Labute approximate surface area is 102 Å². The van der Waals surface area contributed by atoms with Crippen molar-refractivity contribution in [1.29, 1.82) is 0 Å². The van der Waals surface area contributed by atoms with Crippen molar-refractivity contribution in [2.45, 2.75) is 51.7 Å². The highest BCUT2D eigenvalue weighted by Gasteiger charge is 2.34. The molecule has 0 radical (unpaired) electrons. The number of carbonyl (C=O) groups is 2. The van der Waals surface area contributed by atoms with Crippen LogP contribution < -0.4 is 0 Å². The summed E-state index contributed by atoms with van der Waals surface area (Å²) in [5, 5.41) is 8.90. The smallest absolute Gasteiger partial charge is 0.410 e. The van der Waals surface area contributed by atoms with Crippen molar-refractivity contribution in [2.75, 3.05) is 7.05 Å². The number of ether oxygens (including phenoxy) is 1. The van der Waals surface area contributed by atoms with E-state index in [1.807, 2.05) is 20.8 Å². The first-order valence-electron chi connectivity index (χ1n) is 5.89. The van der Waals surface area contributed by atoms with Crippen molar-refractivity contribution in [1.82, 2.24) is 4.90 Å². The third-order valence-electron chi connectivity index (χ3n) is 2.98. The molecule has 0 heterocycles. The number of hydrogen-bond donors (Lipinski definition) is 1. The molecule has 1 saturated carbocycles. The average Bonchev–Trinajstić information content (AvgIpc) is 2.62. The van der Waals surface area contributed by atoms with E-state index in [1.165, 1.54) is 4.90 Å². The molecule has 1 aliphatic rings. The van der Waals surface area contributed by atoms with Gasteiger partial charge < -0.3 is 14.7 Å². The Morgan fingerprint density at radius 2 is 1.88 bits per heavy atom. The van der Waals surface area contributed by atoms with Crippen LogP contribution in [0.3, 0.4) is 0 Å². The van der Waals surface area contributed by atoms with Gasteiger partial charge in [0, 0.05) is 13.1 Å². The van der Waals surface area contributed by atoms with E-state index in [4.69, 9.17) is 9.84 Å². The number of aliphatic carboxylic acids is 1. The molecule has 1 amide bonds. The second-order valence-corrected chi connectivity index (χ2v) is 5.59. The molecule has 0 aromatic heterocycles. The minimum absolute atomic E-state index is 0.0223. The van der Waals surface area contributed by atoms with Crippen LogP contribution in [-0.4, -0.2) is 40.8 Å². The molecule has 1 fully saturated rings. The van der Waals surface area contributed by atoms with E-state index in [-0.39, 0.29) is 18.1 Å². The number of hydrogen-bond acceptors (Lipinski definition) is 3. The summed E-state index contributed by atoms with van der Waals surface area (Å²) in [6, 6.07) is -0.0223. The molecule has 0 aliphatic heterocycles. The maximum absolute atomic E-state index is 11.8. The van der Waals surface area contributed by atoms with Gasteiger partial charge in [0.1, 0.15) is 5.60 Å². The monoisotopic (exact) mass is 243 g/mol. The molecule has 0 bridgehead atoms. The molecular formula is C12H21NO4. The second-order valence-electron chi connectivity index (χ2n) is 5.59. The van der Waals surface area contributed by atoms with Gasteiger partial charge in [-0.05, 0) is 40.0 Å². The van der Waals surface area contributed by atoms with E-state index < -0.39 is 11.6 Å². The lowest BCUT2D eigenvalue weighted by atomic mass is 10.1. The Balaban J connectivity index is 2.52. The van der Waals surface area contributed by atoms with E-state index in [9.17, 15) is 9.59 Å². The Morgan fingerprint density at radius 3 is 2.29 bits per heavy atom. The SMILES string of the molecule is CN(C(=O)OC(C)(C)C)[C@@H]1CC[C@H](C(=O)O)C1. The number of rotatable bonds is 2. The van der Waals surface area contributed by atoms with Crippen LogP contribution in [0.25, 0.3) is 0 Å². The van der Waals surface area contributed by atoms with E-state index in [0.29, 0.717) is 12.8 Å². The first kappa shape index (κ1) is 13.8. The summed E-state index contributed by atoms with van der Waals surface area (Å²) < 4.78 is 5.25. The maximum atomic E-state index is 11.8. The lowest BCUT2D eigenvalue weighted by Crippen LogP contribution is -2.39. The maximum Gasteiger partial charge on any atom is 0.410 e. The fourth-order valence-electron chi connectivity index (χ4n) is 2.02. The molecule has 5 heteroatoms.